The van der Waals surface area contributed by atoms with Gasteiger partial charge in [-0.05, 0) is 5.92 Å². The fourth-order valence-electron chi connectivity index (χ4n) is 3.06. The average molecular weight is 368 g/mol. The van der Waals surface area contributed by atoms with Crippen molar-refractivity contribution in [3.8, 4) is 0 Å². The normalized spacial score (nSPS) is 48.7. The molecular weight excluding hydrogens is 340 g/mol. The average Bonchev–Trinajstić information content (AvgIpc) is 2.58. The molecule has 10 nitrogen and oxygen atoms in total. The number of hydrogen-bond acceptors (Lipinski definition) is 10. The van der Waals surface area contributed by atoms with Crippen molar-refractivity contribution in [3.05, 3.63) is 0 Å². The highest BCUT2D eigenvalue weighted by Gasteiger charge is 2.47. The Labute approximate surface area is 145 Å². The molecule has 0 radical (unpaired) electrons. The van der Waals surface area contributed by atoms with Crippen LogP contribution in [0.25, 0.3) is 0 Å². The monoisotopic (exact) mass is 368 g/mol. The van der Waals surface area contributed by atoms with Gasteiger partial charge in [-0.1, -0.05) is 13.8 Å². The lowest BCUT2D eigenvalue weighted by molar-refractivity contribution is -0.315. The number of rotatable bonds is 5. The second-order valence-electron chi connectivity index (χ2n) is 6.89. The highest BCUT2D eigenvalue weighted by Crippen LogP contribution is 2.27. The fourth-order valence-corrected chi connectivity index (χ4v) is 3.06. The summed E-state index contributed by atoms with van der Waals surface area (Å²) in [6.07, 6.45) is -13.0. The molecule has 0 saturated carbocycles. The van der Waals surface area contributed by atoms with Crippen LogP contribution < -0.4 is 0 Å². The minimum Gasteiger partial charge on any atom is -0.394 e. The Morgan fingerprint density at radius 3 is 1.88 bits per heavy atom. The molecule has 10 atom stereocenters. The van der Waals surface area contributed by atoms with Gasteiger partial charge < -0.3 is 50.0 Å². The Balaban J connectivity index is 1.99. The fraction of sp³-hybridized carbons (Fsp3) is 1.00. The first kappa shape index (κ1) is 20.9. The zero-order valence-electron chi connectivity index (χ0n) is 14.1. The zero-order chi connectivity index (χ0) is 18.9. The summed E-state index contributed by atoms with van der Waals surface area (Å²) >= 11 is 0. The maximum atomic E-state index is 10.0. The van der Waals surface area contributed by atoms with E-state index in [9.17, 15) is 30.6 Å². The van der Waals surface area contributed by atoms with Gasteiger partial charge in [-0.25, -0.2) is 0 Å². The predicted octanol–water partition coefficient (Wildman–Crippen LogP) is -3.69. The van der Waals surface area contributed by atoms with Gasteiger partial charge in [0.05, 0.1) is 19.3 Å². The summed E-state index contributed by atoms with van der Waals surface area (Å²) in [5.74, 6) is -0.132. The Hall–Kier alpha value is -0.400. The molecule has 2 rings (SSSR count). The van der Waals surface area contributed by atoms with Crippen molar-refractivity contribution in [3.63, 3.8) is 0 Å². The number of hydrogen-bond donors (Lipinski definition) is 7. The lowest BCUT2D eigenvalue weighted by Gasteiger charge is -2.43. The Kier molecular flexibility index (Phi) is 7.13. The molecule has 0 bridgehead atoms. The summed E-state index contributed by atoms with van der Waals surface area (Å²) in [6, 6.07) is 0. The van der Waals surface area contributed by atoms with Gasteiger partial charge in [0.2, 0.25) is 0 Å². The third kappa shape index (κ3) is 4.30. The molecule has 0 aliphatic carbocycles. The maximum absolute atomic E-state index is 10.0. The molecule has 148 valence electrons. The third-order valence-corrected chi connectivity index (χ3v) is 4.68. The number of ether oxygens (including phenoxy) is 3. The molecule has 2 aliphatic rings. The van der Waals surface area contributed by atoms with Gasteiger partial charge in [-0.3, -0.25) is 0 Å². The van der Waals surface area contributed by atoms with Crippen LogP contribution in [0, 0.1) is 5.92 Å². The molecule has 4 unspecified atom stereocenters. The molecule has 10 heteroatoms. The van der Waals surface area contributed by atoms with Crippen LogP contribution in [0.5, 0.6) is 0 Å². The molecule has 7 N–H and O–H groups in total. The first-order valence-corrected chi connectivity index (χ1v) is 8.30. The van der Waals surface area contributed by atoms with Crippen molar-refractivity contribution < 1.29 is 50.0 Å². The maximum Gasteiger partial charge on any atom is 0.186 e. The van der Waals surface area contributed by atoms with E-state index in [0.717, 1.165) is 0 Å². The topological polar surface area (TPSA) is 169 Å². The van der Waals surface area contributed by atoms with Crippen molar-refractivity contribution in [2.24, 2.45) is 5.92 Å². The van der Waals surface area contributed by atoms with E-state index in [0.29, 0.717) is 0 Å². The van der Waals surface area contributed by atoms with E-state index in [2.05, 4.69) is 0 Å². The second-order valence-corrected chi connectivity index (χ2v) is 6.89. The van der Waals surface area contributed by atoms with Crippen LogP contribution in [0.1, 0.15) is 13.8 Å². The molecule has 2 saturated heterocycles. The largest absolute Gasteiger partial charge is 0.394 e. The van der Waals surface area contributed by atoms with Crippen molar-refractivity contribution in [2.75, 3.05) is 13.2 Å². The van der Waals surface area contributed by atoms with Gasteiger partial charge in [-0.2, -0.15) is 0 Å². The van der Waals surface area contributed by atoms with E-state index in [-0.39, 0.29) is 12.5 Å². The van der Waals surface area contributed by atoms with Gasteiger partial charge in [0.1, 0.15) is 48.8 Å². The summed E-state index contributed by atoms with van der Waals surface area (Å²) in [5.41, 5.74) is 0. The Bertz CT molecular complexity index is 419. The highest BCUT2D eigenvalue weighted by molar-refractivity contribution is 4.94. The molecule has 0 spiro atoms. The van der Waals surface area contributed by atoms with Gasteiger partial charge in [-0.15, -0.1) is 0 Å². The first-order valence-electron chi connectivity index (χ1n) is 8.30. The molecule has 25 heavy (non-hydrogen) atoms. The van der Waals surface area contributed by atoms with E-state index in [4.69, 9.17) is 19.3 Å². The molecule has 0 aromatic rings. The SMILES string of the molecule is CC(C)[C@@H]1OC(CO[C@@H]2OC(CO)[C@H](O)[C@H](O)C2O)[C@H](O)[C@H](O)C1O. The molecule has 2 heterocycles. The van der Waals surface area contributed by atoms with E-state index in [1.807, 2.05) is 0 Å². The molecule has 2 fully saturated rings. The Morgan fingerprint density at radius 1 is 0.760 bits per heavy atom. The summed E-state index contributed by atoms with van der Waals surface area (Å²) in [6.45, 7) is 2.67. The first-order chi connectivity index (χ1) is 11.7. The van der Waals surface area contributed by atoms with E-state index >= 15 is 0 Å². The third-order valence-electron chi connectivity index (χ3n) is 4.68. The van der Waals surface area contributed by atoms with Crippen molar-refractivity contribution in [1.82, 2.24) is 0 Å². The number of aliphatic hydroxyl groups excluding tert-OH is 7. The minimum atomic E-state index is -1.58. The van der Waals surface area contributed by atoms with Crippen molar-refractivity contribution in [1.29, 1.82) is 0 Å². The Morgan fingerprint density at radius 2 is 1.32 bits per heavy atom. The van der Waals surface area contributed by atoms with Crippen LogP contribution in [0.3, 0.4) is 0 Å². The van der Waals surface area contributed by atoms with E-state index in [1.165, 1.54) is 0 Å². The highest BCUT2D eigenvalue weighted by atomic mass is 16.7. The summed E-state index contributed by atoms with van der Waals surface area (Å²) in [4.78, 5) is 0. The smallest absolute Gasteiger partial charge is 0.186 e. The summed E-state index contributed by atoms with van der Waals surface area (Å²) in [5, 5.41) is 68.5. The molecule has 0 aromatic heterocycles. The quantitative estimate of drug-likeness (QED) is 0.256. The summed E-state index contributed by atoms with van der Waals surface area (Å²) < 4.78 is 16.1. The van der Waals surface area contributed by atoms with Crippen LogP contribution in [-0.2, 0) is 14.2 Å². The van der Waals surface area contributed by atoms with Gasteiger partial charge >= 0.3 is 0 Å². The molecule has 0 amide bonds. The second kappa shape index (κ2) is 8.53. The van der Waals surface area contributed by atoms with Gasteiger partial charge in [0, 0.05) is 0 Å². The summed E-state index contributed by atoms with van der Waals surface area (Å²) in [7, 11) is 0. The molecular formula is C15H28O10. The van der Waals surface area contributed by atoms with Gasteiger partial charge in [0.15, 0.2) is 6.29 Å². The lowest BCUT2D eigenvalue weighted by Crippen LogP contribution is -2.62. The van der Waals surface area contributed by atoms with Crippen molar-refractivity contribution >= 4 is 0 Å². The minimum absolute atomic E-state index is 0.132. The molecule has 0 aromatic carbocycles. The standard InChI is InChI=1S/C15H28O10/c1-5(2)14-12(21)10(19)9(18)7(24-14)4-23-15-13(22)11(20)8(17)6(3-16)25-15/h5-22H,3-4H2,1-2H3/t6?,7?,8-,9-,10-,11-,12?,13?,14-,15+/m0/s1. The van der Waals surface area contributed by atoms with E-state index < -0.39 is 67.8 Å². The zero-order valence-corrected chi connectivity index (χ0v) is 14.1. The van der Waals surface area contributed by atoms with Crippen LogP contribution >= 0.6 is 0 Å². The van der Waals surface area contributed by atoms with E-state index in [1.54, 1.807) is 13.8 Å². The predicted molar refractivity (Wildman–Crippen MR) is 81.2 cm³/mol. The van der Waals surface area contributed by atoms with Crippen LogP contribution in [0.15, 0.2) is 0 Å². The van der Waals surface area contributed by atoms with Crippen LogP contribution in [-0.4, -0.2) is 110 Å². The van der Waals surface area contributed by atoms with Crippen LogP contribution in [0.2, 0.25) is 0 Å². The lowest BCUT2D eigenvalue weighted by atomic mass is 9.89. The number of aliphatic hydroxyl groups is 7. The molecule has 2 aliphatic heterocycles. The van der Waals surface area contributed by atoms with Crippen LogP contribution in [0.4, 0.5) is 0 Å². The van der Waals surface area contributed by atoms with Gasteiger partial charge in [0.25, 0.3) is 0 Å². The van der Waals surface area contributed by atoms with Crippen molar-refractivity contribution in [2.45, 2.75) is 75.1 Å².